The maximum atomic E-state index is 11.8. The standard InChI is InChI=1S/C8H18NO2P/c1-4-7-5-8(7,9)12(10,11)6(2)3/h6-7H,4-5,9H2,1-3H3,(H,10,11)/t7-,8+/m1/s1. The predicted molar refractivity (Wildman–Crippen MR) is 50.3 cm³/mol. The second-order valence-corrected chi connectivity index (χ2v) is 7.13. The molecule has 3 atom stereocenters. The fourth-order valence-corrected chi connectivity index (χ4v) is 3.86. The Morgan fingerprint density at radius 1 is 1.75 bits per heavy atom. The number of rotatable bonds is 3. The van der Waals surface area contributed by atoms with Crippen LogP contribution in [-0.4, -0.2) is 15.8 Å². The highest BCUT2D eigenvalue weighted by atomic mass is 31.2. The van der Waals surface area contributed by atoms with Gasteiger partial charge in [-0.1, -0.05) is 27.2 Å². The van der Waals surface area contributed by atoms with Crippen LogP contribution in [0.3, 0.4) is 0 Å². The molecule has 3 N–H and O–H groups in total. The van der Waals surface area contributed by atoms with E-state index in [0.717, 1.165) is 12.8 Å². The first-order chi connectivity index (χ1) is 5.36. The van der Waals surface area contributed by atoms with Crippen LogP contribution in [0.15, 0.2) is 0 Å². The van der Waals surface area contributed by atoms with Crippen LogP contribution < -0.4 is 5.73 Å². The average Bonchev–Trinajstić information content (AvgIpc) is 2.63. The molecular formula is C8H18NO2P. The second kappa shape index (κ2) is 2.83. The minimum Gasteiger partial charge on any atom is -0.343 e. The summed E-state index contributed by atoms with van der Waals surface area (Å²) < 4.78 is 11.8. The SMILES string of the molecule is CC[C@@H]1C[C@]1(N)P(=O)(O)C(C)C. The van der Waals surface area contributed by atoms with Gasteiger partial charge in [0, 0.05) is 5.66 Å². The minimum absolute atomic E-state index is 0.209. The average molecular weight is 191 g/mol. The number of hydrogen-bond acceptors (Lipinski definition) is 2. The van der Waals surface area contributed by atoms with Crippen LogP contribution >= 0.6 is 7.37 Å². The zero-order valence-electron chi connectivity index (χ0n) is 7.95. The van der Waals surface area contributed by atoms with Gasteiger partial charge < -0.3 is 10.6 Å². The van der Waals surface area contributed by atoms with Crippen LogP contribution in [-0.2, 0) is 4.57 Å². The zero-order valence-corrected chi connectivity index (χ0v) is 8.84. The first kappa shape index (κ1) is 10.2. The summed E-state index contributed by atoms with van der Waals surface area (Å²) in [5, 5.41) is -0.754. The van der Waals surface area contributed by atoms with Crippen LogP contribution in [0.2, 0.25) is 0 Å². The molecule has 0 aromatic rings. The van der Waals surface area contributed by atoms with Crippen molar-refractivity contribution in [2.45, 2.75) is 44.6 Å². The van der Waals surface area contributed by atoms with E-state index in [0.29, 0.717) is 0 Å². The Labute approximate surface area is 73.8 Å². The first-order valence-electron chi connectivity index (χ1n) is 4.47. The smallest absolute Gasteiger partial charge is 0.222 e. The van der Waals surface area contributed by atoms with E-state index >= 15 is 0 Å². The molecule has 0 aliphatic heterocycles. The van der Waals surface area contributed by atoms with Gasteiger partial charge in [0.25, 0.3) is 0 Å². The van der Waals surface area contributed by atoms with Crippen molar-refractivity contribution in [1.29, 1.82) is 0 Å². The lowest BCUT2D eigenvalue weighted by atomic mass is 10.3. The molecule has 0 aromatic heterocycles. The quantitative estimate of drug-likeness (QED) is 0.668. The molecular weight excluding hydrogens is 173 g/mol. The largest absolute Gasteiger partial charge is 0.343 e. The van der Waals surface area contributed by atoms with Gasteiger partial charge >= 0.3 is 0 Å². The van der Waals surface area contributed by atoms with Crippen molar-refractivity contribution in [3.8, 4) is 0 Å². The Balaban J connectivity index is 2.78. The molecule has 1 aliphatic rings. The molecule has 0 bridgehead atoms. The highest BCUT2D eigenvalue weighted by molar-refractivity contribution is 7.60. The number of hydrogen-bond donors (Lipinski definition) is 2. The normalized spacial score (nSPS) is 39.7. The number of nitrogens with two attached hydrogens (primary N) is 1. The van der Waals surface area contributed by atoms with Gasteiger partial charge in [-0.15, -0.1) is 0 Å². The van der Waals surface area contributed by atoms with Crippen molar-refractivity contribution in [1.82, 2.24) is 0 Å². The molecule has 0 amide bonds. The van der Waals surface area contributed by atoms with E-state index in [1.807, 2.05) is 6.92 Å². The van der Waals surface area contributed by atoms with E-state index in [-0.39, 0.29) is 11.6 Å². The lowest BCUT2D eigenvalue weighted by Gasteiger charge is -2.23. The van der Waals surface area contributed by atoms with Crippen molar-refractivity contribution in [3.63, 3.8) is 0 Å². The van der Waals surface area contributed by atoms with Crippen LogP contribution in [0.4, 0.5) is 0 Å². The molecule has 72 valence electrons. The van der Waals surface area contributed by atoms with Crippen LogP contribution in [0.25, 0.3) is 0 Å². The van der Waals surface area contributed by atoms with E-state index in [4.69, 9.17) is 5.73 Å². The summed E-state index contributed by atoms with van der Waals surface area (Å²) >= 11 is 0. The van der Waals surface area contributed by atoms with Crippen molar-refractivity contribution >= 4 is 7.37 Å². The molecule has 4 heteroatoms. The molecule has 0 aromatic carbocycles. The Bertz CT molecular complexity index is 229. The molecule has 0 saturated heterocycles. The van der Waals surface area contributed by atoms with E-state index in [9.17, 15) is 9.46 Å². The molecule has 0 radical (unpaired) electrons. The third-order valence-corrected chi connectivity index (χ3v) is 6.05. The van der Waals surface area contributed by atoms with Crippen molar-refractivity contribution in [2.75, 3.05) is 0 Å². The van der Waals surface area contributed by atoms with Crippen molar-refractivity contribution in [3.05, 3.63) is 0 Å². The van der Waals surface area contributed by atoms with E-state index in [2.05, 4.69) is 0 Å². The van der Waals surface area contributed by atoms with Gasteiger partial charge in [-0.3, -0.25) is 4.57 Å². The van der Waals surface area contributed by atoms with Crippen LogP contribution in [0.1, 0.15) is 33.6 Å². The predicted octanol–water partition coefficient (Wildman–Crippen LogP) is 1.75. The summed E-state index contributed by atoms with van der Waals surface area (Å²) in [4.78, 5) is 9.72. The molecule has 0 spiro atoms. The summed E-state index contributed by atoms with van der Waals surface area (Å²) in [5.74, 6) is 0.260. The lowest BCUT2D eigenvalue weighted by molar-refractivity contribution is 0.443. The topological polar surface area (TPSA) is 63.3 Å². The van der Waals surface area contributed by atoms with Gasteiger partial charge in [-0.25, -0.2) is 0 Å². The van der Waals surface area contributed by atoms with Gasteiger partial charge in [-0.2, -0.15) is 0 Å². The molecule has 1 fully saturated rings. The van der Waals surface area contributed by atoms with Crippen molar-refractivity contribution in [2.24, 2.45) is 11.7 Å². The first-order valence-corrected chi connectivity index (χ1v) is 6.20. The molecule has 12 heavy (non-hydrogen) atoms. The monoisotopic (exact) mass is 191 g/mol. The summed E-state index contributed by atoms with van der Waals surface area (Å²) in [6, 6.07) is 0. The van der Waals surface area contributed by atoms with Crippen molar-refractivity contribution < 1.29 is 9.46 Å². The maximum absolute atomic E-state index is 11.8. The van der Waals surface area contributed by atoms with E-state index < -0.39 is 12.6 Å². The third-order valence-electron chi connectivity index (χ3n) is 2.91. The maximum Gasteiger partial charge on any atom is 0.222 e. The lowest BCUT2D eigenvalue weighted by Crippen LogP contribution is -2.28. The Hall–Kier alpha value is 0.150. The molecule has 0 heterocycles. The summed E-state index contributed by atoms with van der Waals surface area (Å²) in [6.45, 7) is 5.54. The third kappa shape index (κ3) is 1.24. The molecule has 3 nitrogen and oxygen atoms in total. The zero-order chi connectivity index (χ0) is 9.57. The minimum atomic E-state index is -3.13. The molecule has 1 saturated carbocycles. The van der Waals surface area contributed by atoms with Crippen LogP contribution in [0.5, 0.6) is 0 Å². The van der Waals surface area contributed by atoms with Gasteiger partial charge in [0.05, 0.1) is 5.28 Å². The summed E-state index contributed by atoms with van der Waals surface area (Å²) in [5.41, 5.74) is 5.66. The van der Waals surface area contributed by atoms with Gasteiger partial charge in [0.2, 0.25) is 7.37 Å². The fourth-order valence-electron chi connectivity index (χ4n) is 1.71. The molecule has 1 unspecified atom stereocenters. The second-order valence-electron chi connectivity index (χ2n) is 4.02. The fraction of sp³-hybridized carbons (Fsp3) is 1.00. The Morgan fingerprint density at radius 3 is 2.50 bits per heavy atom. The van der Waals surface area contributed by atoms with E-state index in [1.54, 1.807) is 13.8 Å². The summed E-state index contributed by atoms with van der Waals surface area (Å²) in [6.07, 6.45) is 1.63. The highest BCUT2D eigenvalue weighted by Crippen LogP contribution is 2.70. The summed E-state index contributed by atoms with van der Waals surface area (Å²) in [7, 11) is -3.13. The van der Waals surface area contributed by atoms with Crippen LogP contribution in [0, 0.1) is 5.92 Å². The highest BCUT2D eigenvalue weighted by Gasteiger charge is 2.62. The molecule has 1 aliphatic carbocycles. The van der Waals surface area contributed by atoms with Gasteiger partial charge in [0.15, 0.2) is 0 Å². The van der Waals surface area contributed by atoms with Gasteiger partial charge in [-0.05, 0) is 12.3 Å². The van der Waals surface area contributed by atoms with E-state index in [1.165, 1.54) is 0 Å². The van der Waals surface area contributed by atoms with Gasteiger partial charge in [0.1, 0.15) is 0 Å². The Kier molecular flexibility index (Phi) is 2.41. The Morgan fingerprint density at radius 2 is 2.25 bits per heavy atom. The molecule has 1 rings (SSSR count).